The Labute approximate surface area is 178 Å². The topological polar surface area (TPSA) is 79.5 Å². The first-order chi connectivity index (χ1) is 13.3. The Balaban J connectivity index is 2.01. The Kier molecular flexibility index (Phi) is 7.95. The number of anilines is 1. The van der Waals surface area contributed by atoms with E-state index in [4.69, 9.17) is 17.0 Å². The predicted molar refractivity (Wildman–Crippen MR) is 118 cm³/mol. The van der Waals surface area contributed by atoms with Gasteiger partial charge < -0.3 is 15.4 Å². The predicted octanol–water partition coefficient (Wildman–Crippen LogP) is 4.11. The largest absolute Gasteiger partial charge is 0.493 e. The summed E-state index contributed by atoms with van der Waals surface area (Å²) >= 11 is 8.59. The van der Waals surface area contributed by atoms with Crippen molar-refractivity contribution in [2.75, 3.05) is 11.9 Å². The molecule has 0 aliphatic rings. The normalized spacial score (nSPS) is 10.3. The number of thiocarbonyl (C=S) groups is 1. The zero-order valence-electron chi connectivity index (χ0n) is 15.8. The van der Waals surface area contributed by atoms with E-state index in [1.165, 1.54) is 0 Å². The molecule has 28 heavy (non-hydrogen) atoms. The quantitative estimate of drug-likeness (QED) is 0.561. The van der Waals surface area contributed by atoms with E-state index in [-0.39, 0.29) is 23.0 Å². The summed E-state index contributed by atoms with van der Waals surface area (Å²) in [7, 11) is 0. The summed E-state index contributed by atoms with van der Waals surface area (Å²) in [4.78, 5) is 24.5. The highest BCUT2D eigenvalue weighted by molar-refractivity contribution is 9.10. The Bertz CT molecular complexity index is 887. The number of hydrogen-bond donors (Lipinski definition) is 3. The number of benzene rings is 2. The molecule has 0 radical (unpaired) electrons. The molecule has 2 amide bonds. The van der Waals surface area contributed by atoms with E-state index in [2.05, 4.69) is 31.9 Å². The van der Waals surface area contributed by atoms with Gasteiger partial charge in [0.25, 0.3) is 11.8 Å². The lowest BCUT2D eigenvalue weighted by Crippen LogP contribution is -2.34. The molecule has 0 fully saturated rings. The van der Waals surface area contributed by atoms with E-state index >= 15 is 0 Å². The third-order valence-electron chi connectivity index (χ3n) is 3.52. The van der Waals surface area contributed by atoms with Gasteiger partial charge in [-0.3, -0.25) is 14.9 Å². The molecule has 0 aliphatic heterocycles. The Hall–Kier alpha value is -2.45. The number of hydrogen-bond acceptors (Lipinski definition) is 4. The van der Waals surface area contributed by atoms with Gasteiger partial charge >= 0.3 is 0 Å². The van der Waals surface area contributed by atoms with Crippen LogP contribution >= 0.6 is 28.1 Å². The van der Waals surface area contributed by atoms with Crippen LogP contribution in [0.4, 0.5) is 5.69 Å². The van der Waals surface area contributed by atoms with Crippen LogP contribution in [0, 0.1) is 0 Å². The highest BCUT2D eigenvalue weighted by atomic mass is 79.9. The summed E-state index contributed by atoms with van der Waals surface area (Å²) in [6.45, 7) is 6.21. The van der Waals surface area contributed by atoms with Crippen LogP contribution in [0.2, 0.25) is 0 Å². The van der Waals surface area contributed by atoms with Gasteiger partial charge in [-0.25, -0.2) is 0 Å². The molecule has 0 unspecified atom stereocenters. The molecule has 2 aromatic rings. The van der Waals surface area contributed by atoms with Gasteiger partial charge in [-0.1, -0.05) is 6.07 Å². The molecule has 0 aromatic heterocycles. The molecule has 0 saturated carbocycles. The number of nitrogens with one attached hydrogen (secondary N) is 3. The van der Waals surface area contributed by atoms with Crippen LogP contribution in [-0.2, 0) is 0 Å². The lowest BCUT2D eigenvalue weighted by atomic mass is 10.2. The Morgan fingerprint density at radius 2 is 1.82 bits per heavy atom. The first-order valence-corrected chi connectivity index (χ1v) is 9.96. The number of rotatable bonds is 6. The van der Waals surface area contributed by atoms with Gasteiger partial charge in [0.15, 0.2) is 5.11 Å². The number of ether oxygens (including phenoxy) is 1. The van der Waals surface area contributed by atoms with E-state index in [9.17, 15) is 9.59 Å². The summed E-state index contributed by atoms with van der Waals surface area (Å²) in [6, 6.07) is 12.0. The van der Waals surface area contributed by atoms with Gasteiger partial charge in [0, 0.05) is 22.9 Å². The number of carbonyl (C=O) groups excluding carboxylic acids is 2. The number of halogens is 1. The van der Waals surface area contributed by atoms with Gasteiger partial charge in [-0.05, 0) is 85.3 Å². The molecule has 0 saturated heterocycles. The molecular formula is C20H22BrN3O3S. The third-order valence-corrected chi connectivity index (χ3v) is 4.35. The van der Waals surface area contributed by atoms with Crippen molar-refractivity contribution in [2.45, 2.75) is 26.8 Å². The van der Waals surface area contributed by atoms with Crippen molar-refractivity contribution in [3.8, 4) is 5.75 Å². The monoisotopic (exact) mass is 463 g/mol. The molecule has 6 nitrogen and oxygen atoms in total. The van der Waals surface area contributed by atoms with Gasteiger partial charge in [-0.2, -0.15) is 0 Å². The van der Waals surface area contributed by atoms with Gasteiger partial charge in [0.05, 0.1) is 11.1 Å². The fraction of sp³-hybridized carbons (Fsp3) is 0.250. The summed E-state index contributed by atoms with van der Waals surface area (Å²) < 4.78 is 6.12. The second kappa shape index (κ2) is 10.2. The molecule has 3 N–H and O–H groups in total. The van der Waals surface area contributed by atoms with E-state index < -0.39 is 0 Å². The highest BCUT2D eigenvalue weighted by Crippen LogP contribution is 2.26. The number of amides is 2. The van der Waals surface area contributed by atoms with Gasteiger partial charge in [0.2, 0.25) is 0 Å². The second-order valence-corrected chi connectivity index (χ2v) is 7.46. The Morgan fingerprint density at radius 1 is 1.11 bits per heavy atom. The van der Waals surface area contributed by atoms with Gasteiger partial charge in [0.1, 0.15) is 5.75 Å². The van der Waals surface area contributed by atoms with E-state index in [0.717, 1.165) is 0 Å². The fourth-order valence-corrected chi connectivity index (χ4v) is 3.04. The van der Waals surface area contributed by atoms with E-state index in [0.29, 0.717) is 33.6 Å². The molecular weight excluding hydrogens is 442 g/mol. The highest BCUT2D eigenvalue weighted by Gasteiger charge is 2.12. The van der Waals surface area contributed by atoms with Crippen LogP contribution in [0.25, 0.3) is 0 Å². The molecule has 0 spiro atoms. The van der Waals surface area contributed by atoms with E-state index in [1.807, 2.05) is 20.8 Å². The molecule has 8 heteroatoms. The van der Waals surface area contributed by atoms with Gasteiger partial charge in [-0.15, -0.1) is 0 Å². The van der Waals surface area contributed by atoms with Crippen LogP contribution < -0.4 is 20.7 Å². The summed E-state index contributed by atoms with van der Waals surface area (Å²) in [5.74, 6) is 0.138. The molecule has 148 valence electrons. The fourth-order valence-electron chi connectivity index (χ4n) is 2.34. The van der Waals surface area contributed by atoms with Crippen molar-refractivity contribution in [1.29, 1.82) is 0 Å². The lowest BCUT2D eigenvalue weighted by molar-refractivity contribution is 0.0941. The zero-order valence-corrected chi connectivity index (χ0v) is 18.2. The van der Waals surface area contributed by atoms with Crippen molar-refractivity contribution >= 4 is 50.8 Å². The summed E-state index contributed by atoms with van der Waals surface area (Å²) in [6.07, 6.45) is 0. The summed E-state index contributed by atoms with van der Waals surface area (Å²) in [5, 5.41) is 8.51. The van der Waals surface area contributed by atoms with Crippen LogP contribution in [-0.4, -0.2) is 29.6 Å². The minimum atomic E-state index is -0.352. The van der Waals surface area contributed by atoms with Crippen molar-refractivity contribution in [3.63, 3.8) is 0 Å². The average Bonchev–Trinajstić information content (AvgIpc) is 2.63. The molecule has 0 bridgehead atoms. The SMILES string of the molecule is CCOc1ccc(C(=O)NC(=S)Nc2cccc(C(=O)NC(C)C)c2)cc1Br. The average molecular weight is 464 g/mol. The van der Waals surface area contributed by atoms with Crippen LogP contribution in [0.15, 0.2) is 46.9 Å². The minimum absolute atomic E-state index is 0.0397. The smallest absolute Gasteiger partial charge is 0.257 e. The van der Waals surface area contributed by atoms with Crippen LogP contribution in [0.1, 0.15) is 41.5 Å². The first kappa shape index (κ1) is 21.8. The van der Waals surface area contributed by atoms with Crippen LogP contribution in [0.5, 0.6) is 5.75 Å². The zero-order chi connectivity index (χ0) is 20.7. The molecule has 0 atom stereocenters. The van der Waals surface area contributed by atoms with Crippen molar-refractivity contribution < 1.29 is 14.3 Å². The maximum Gasteiger partial charge on any atom is 0.257 e. The standard InChI is InChI=1S/C20H22BrN3O3S/c1-4-27-17-9-8-14(11-16(17)21)19(26)24-20(28)23-15-7-5-6-13(10-15)18(25)22-12(2)3/h5-12H,4H2,1-3H3,(H,22,25)(H2,23,24,26,28). The summed E-state index contributed by atoms with van der Waals surface area (Å²) in [5.41, 5.74) is 1.54. The Morgan fingerprint density at radius 3 is 2.46 bits per heavy atom. The first-order valence-electron chi connectivity index (χ1n) is 8.75. The van der Waals surface area contributed by atoms with E-state index in [1.54, 1.807) is 42.5 Å². The van der Waals surface area contributed by atoms with Crippen molar-refractivity contribution in [2.24, 2.45) is 0 Å². The molecule has 0 aliphatic carbocycles. The molecule has 0 heterocycles. The van der Waals surface area contributed by atoms with Crippen molar-refractivity contribution in [1.82, 2.24) is 10.6 Å². The maximum absolute atomic E-state index is 12.4. The third kappa shape index (κ3) is 6.31. The minimum Gasteiger partial charge on any atom is -0.493 e. The molecule has 2 rings (SSSR count). The second-order valence-electron chi connectivity index (χ2n) is 6.20. The van der Waals surface area contributed by atoms with Crippen LogP contribution in [0.3, 0.4) is 0 Å². The lowest BCUT2D eigenvalue weighted by Gasteiger charge is -2.12. The number of carbonyl (C=O) groups is 2. The molecule has 2 aromatic carbocycles. The van der Waals surface area contributed by atoms with Crippen molar-refractivity contribution in [3.05, 3.63) is 58.1 Å². The maximum atomic E-state index is 12.4.